The van der Waals surface area contributed by atoms with Crippen molar-refractivity contribution in [3.63, 3.8) is 0 Å². The maximum atomic E-state index is 11.2. The van der Waals surface area contributed by atoms with Crippen LogP contribution in [0.1, 0.15) is 36.2 Å². The number of anilines is 1. The molecule has 1 N–H and O–H groups in total. The van der Waals surface area contributed by atoms with Gasteiger partial charge in [-0.15, -0.1) is 0 Å². The summed E-state index contributed by atoms with van der Waals surface area (Å²) in [6.45, 7) is 7.17. The van der Waals surface area contributed by atoms with Crippen molar-refractivity contribution in [3.8, 4) is 0 Å². The molecule has 1 rings (SSSR count). The third-order valence-corrected chi connectivity index (χ3v) is 3.08. The first-order chi connectivity index (χ1) is 7.95. The number of carbonyl (C=O) groups is 1. The molecular weight excluding hydrogens is 214 g/mol. The molecule has 0 bridgehead atoms. The van der Waals surface area contributed by atoms with Gasteiger partial charge in [-0.2, -0.15) is 0 Å². The molecule has 1 aromatic carbocycles. The second-order valence-corrected chi connectivity index (χ2v) is 4.72. The van der Waals surface area contributed by atoms with Crippen molar-refractivity contribution in [1.82, 2.24) is 0 Å². The van der Waals surface area contributed by atoms with Crippen molar-refractivity contribution < 1.29 is 9.90 Å². The predicted molar refractivity (Wildman–Crippen MR) is 70.9 cm³/mol. The van der Waals surface area contributed by atoms with Crippen LogP contribution in [0.4, 0.5) is 5.69 Å². The van der Waals surface area contributed by atoms with Crippen molar-refractivity contribution in [2.45, 2.75) is 27.2 Å². The average molecular weight is 235 g/mol. The normalized spacial score (nSPS) is 12.2. The molecule has 17 heavy (non-hydrogen) atoms. The molecule has 1 aromatic rings. The van der Waals surface area contributed by atoms with E-state index >= 15 is 0 Å². The first-order valence-electron chi connectivity index (χ1n) is 6.00. The van der Waals surface area contributed by atoms with Gasteiger partial charge >= 0.3 is 5.97 Å². The molecule has 0 aliphatic carbocycles. The molecule has 3 nitrogen and oxygen atoms in total. The van der Waals surface area contributed by atoms with Crippen LogP contribution in [0.25, 0.3) is 0 Å². The van der Waals surface area contributed by atoms with Crippen LogP contribution in [0.2, 0.25) is 0 Å². The lowest BCUT2D eigenvalue weighted by molar-refractivity contribution is 0.0697. The summed E-state index contributed by atoms with van der Waals surface area (Å²) < 4.78 is 0. The van der Waals surface area contributed by atoms with Gasteiger partial charge in [0.05, 0.1) is 11.3 Å². The van der Waals surface area contributed by atoms with Crippen molar-refractivity contribution >= 4 is 11.7 Å². The molecule has 0 aliphatic heterocycles. The zero-order chi connectivity index (χ0) is 13.0. The van der Waals surface area contributed by atoms with Crippen LogP contribution in [0, 0.1) is 12.8 Å². The average Bonchev–Trinajstić information content (AvgIpc) is 2.28. The fourth-order valence-electron chi connectivity index (χ4n) is 1.83. The monoisotopic (exact) mass is 235 g/mol. The van der Waals surface area contributed by atoms with Gasteiger partial charge in [0.2, 0.25) is 0 Å². The summed E-state index contributed by atoms with van der Waals surface area (Å²) in [5.41, 5.74) is 2.26. The second-order valence-electron chi connectivity index (χ2n) is 4.72. The van der Waals surface area contributed by atoms with Crippen LogP contribution < -0.4 is 4.90 Å². The lowest BCUT2D eigenvalue weighted by Crippen LogP contribution is -2.25. The van der Waals surface area contributed by atoms with Gasteiger partial charge in [-0.3, -0.25) is 0 Å². The van der Waals surface area contributed by atoms with Crippen LogP contribution >= 0.6 is 0 Å². The Morgan fingerprint density at radius 1 is 1.47 bits per heavy atom. The van der Waals surface area contributed by atoms with E-state index < -0.39 is 5.97 Å². The number of benzene rings is 1. The highest BCUT2D eigenvalue weighted by atomic mass is 16.4. The Balaban J connectivity index is 3.02. The summed E-state index contributed by atoms with van der Waals surface area (Å²) in [5.74, 6) is -0.307. The molecule has 1 unspecified atom stereocenters. The number of aromatic carboxylic acids is 1. The van der Waals surface area contributed by atoms with E-state index in [1.165, 1.54) is 0 Å². The van der Waals surface area contributed by atoms with E-state index in [1.54, 1.807) is 6.07 Å². The lowest BCUT2D eigenvalue weighted by Gasteiger charge is -2.24. The highest BCUT2D eigenvalue weighted by Gasteiger charge is 2.14. The first kappa shape index (κ1) is 13.6. The molecule has 0 amide bonds. The van der Waals surface area contributed by atoms with Crippen LogP contribution in [0.5, 0.6) is 0 Å². The molecule has 0 aromatic heterocycles. The number of carboxylic acid groups (broad SMARTS) is 1. The molecule has 0 aliphatic rings. The zero-order valence-electron chi connectivity index (χ0n) is 11.0. The topological polar surface area (TPSA) is 40.5 Å². The quantitative estimate of drug-likeness (QED) is 0.852. The van der Waals surface area contributed by atoms with Crippen molar-refractivity contribution in [2.75, 3.05) is 18.5 Å². The van der Waals surface area contributed by atoms with Gasteiger partial charge in [-0.05, 0) is 30.5 Å². The van der Waals surface area contributed by atoms with Gasteiger partial charge in [0.25, 0.3) is 0 Å². The van der Waals surface area contributed by atoms with Crippen LogP contribution in [0.3, 0.4) is 0 Å². The number of aryl methyl sites for hydroxylation is 1. The fourth-order valence-corrected chi connectivity index (χ4v) is 1.83. The maximum Gasteiger partial charge on any atom is 0.337 e. The van der Waals surface area contributed by atoms with E-state index in [-0.39, 0.29) is 0 Å². The molecule has 3 heteroatoms. The molecule has 0 heterocycles. The Kier molecular flexibility index (Phi) is 4.55. The lowest BCUT2D eigenvalue weighted by atomic mass is 10.1. The summed E-state index contributed by atoms with van der Waals surface area (Å²) in [6.07, 6.45) is 1.10. The fraction of sp³-hybridized carbons (Fsp3) is 0.500. The predicted octanol–water partition coefficient (Wildman–Crippen LogP) is 3.18. The molecule has 0 spiro atoms. The summed E-state index contributed by atoms with van der Waals surface area (Å²) in [4.78, 5) is 13.2. The van der Waals surface area contributed by atoms with Gasteiger partial charge in [0.15, 0.2) is 0 Å². The molecule has 94 valence electrons. The standard InChI is InChI=1S/C14H21NO2/c1-5-10(2)9-15(4)13-8-11(3)6-7-12(13)14(16)17/h6-8,10H,5,9H2,1-4H3,(H,16,17). The Morgan fingerprint density at radius 3 is 2.65 bits per heavy atom. The highest BCUT2D eigenvalue weighted by molar-refractivity contribution is 5.94. The first-order valence-corrected chi connectivity index (χ1v) is 6.00. The van der Waals surface area contributed by atoms with Gasteiger partial charge in [-0.25, -0.2) is 4.79 Å². The Bertz CT molecular complexity index is 401. The minimum absolute atomic E-state index is 0.376. The van der Waals surface area contributed by atoms with Crippen molar-refractivity contribution in [2.24, 2.45) is 5.92 Å². The molecule has 0 saturated heterocycles. The molecular formula is C14H21NO2. The highest BCUT2D eigenvalue weighted by Crippen LogP contribution is 2.22. The Hall–Kier alpha value is -1.51. The smallest absolute Gasteiger partial charge is 0.337 e. The SMILES string of the molecule is CCC(C)CN(C)c1cc(C)ccc1C(=O)O. The molecule has 0 fully saturated rings. The van der Waals surface area contributed by atoms with E-state index in [4.69, 9.17) is 0 Å². The van der Waals surface area contributed by atoms with E-state index in [0.29, 0.717) is 11.5 Å². The molecule has 0 radical (unpaired) electrons. The second kappa shape index (κ2) is 5.71. The summed E-state index contributed by atoms with van der Waals surface area (Å²) in [7, 11) is 1.95. The van der Waals surface area contributed by atoms with Gasteiger partial charge in [0, 0.05) is 13.6 Å². The molecule has 1 atom stereocenters. The van der Waals surface area contributed by atoms with Crippen molar-refractivity contribution in [3.05, 3.63) is 29.3 Å². The van der Waals surface area contributed by atoms with Crippen LogP contribution in [0.15, 0.2) is 18.2 Å². The maximum absolute atomic E-state index is 11.2. The third-order valence-electron chi connectivity index (χ3n) is 3.08. The minimum Gasteiger partial charge on any atom is -0.478 e. The van der Waals surface area contributed by atoms with Crippen molar-refractivity contribution in [1.29, 1.82) is 0 Å². The van der Waals surface area contributed by atoms with E-state index in [0.717, 1.165) is 24.2 Å². The Morgan fingerprint density at radius 2 is 2.12 bits per heavy atom. The largest absolute Gasteiger partial charge is 0.478 e. The van der Waals surface area contributed by atoms with Crippen LogP contribution in [-0.4, -0.2) is 24.7 Å². The van der Waals surface area contributed by atoms with E-state index in [2.05, 4.69) is 13.8 Å². The minimum atomic E-state index is -0.865. The number of hydrogen-bond donors (Lipinski definition) is 1. The zero-order valence-corrected chi connectivity index (χ0v) is 11.0. The van der Waals surface area contributed by atoms with E-state index in [9.17, 15) is 9.90 Å². The van der Waals surface area contributed by atoms with Crippen LogP contribution in [-0.2, 0) is 0 Å². The number of rotatable bonds is 5. The summed E-state index contributed by atoms with van der Waals surface area (Å²) >= 11 is 0. The van der Waals surface area contributed by atoms with Gasteiger partial charge in [0.1, 0.15) is 0 Å². The molecule has 0 saturated carbocycles. The summed E-state index contributed by atoms with van der Waals surface area (Å²) in [6, 6.07) is 5.45. The number of carboxylic acids is 1. The van der Waals surface area contributed by atoms with E-state index in [1.807, 2.05) is 31.0 Å². The third kappa shape index (κ3) is 3.48. The van der Waals surface area contributed by atoms with Gasteiger partial charge < -0.3 is 10.0 Å². The Labute approximate surface area is 103 Å². The van der Waals surface area contributed by atoms with Gasteiger partial charge in [-0.1, -0.05) is 26.3 Å². The summed E-state index contributed by atoms with van der Waals surface area (Å²) in [5, 5.41) is 9.17. The number of nitrogens with zero attached hydrogens (tertiary/aromatic N) is 1. The number of hydrogen-bond acceptors (Lipinski definition) is 2.